The van der Waals surface area contributed by atoms with E-state index in [1.807, 2.05) is 0 Å². The van der Waals surface area contributed by atoms with Crippen LogP contribution < -0.4 is 11.1 Å². The molecule has 3 N–H and O–H groups in total. The lowest BCUT2D eigenvalue weighted by Crippen LogP contribution is -2.38. The van der Waals surface area contributed by atoms with Crippen LogP contribution in [0.3, 0.4) is 0 Å². The number of nitrogens with one attached hydrogen (secondary N) is 1. The largest absolute Gasteiger partial charge is 0.393 e. The van der Waals surface area contributed by atoms with Gasteiger partial charge in [-0.05, 0) is 24.7 Å². The van der Waals surface area contributed by atoms with Crippen LogP contribution in [0.2, 0.25) is 0 Å². The number of thioether (sulfide) groups is 1. The minimum Gasteiger partial charge on any atom is -0.393 e. The molecular weight excluding hydrogens is 285 g/mol. The molecule has 0 aliphatic carbocycles. The fourth-order valence-corrected chi connectivity index (χ4v) is 3.13. The van der Waals surface area contributed by atoms with Crippen LogP contribution in [-0.2, 0) is 0 Å². The number of nitrogens with zero attached hydrogens (tertiary/aromatic N) is 1. The number of nitro groups is 1. The number of amides is 1. The number of anilines is 1. The molecule has 1 amide bonds. The number of hydrogen-bond acceptors (Lipinski definition) is 5. The van der Waals surface area contributed by atoms with Crippen molar-refractivity contribution < 1.29 is 14.1 Å². The second kappa shape index (κ2) is 6.08. The molecular formula is C12H14FN3O3S. The zero-order valence-corrected chi connectivity index (χ0v) is 11.4. The maximum atomic E-state index is 13.4. The Labute approximate surface area is 119 Å². The number of carbonyl (C=O) groups excluding carboxylic acids is 1. The van der Waals surface area contributed by atoms with Crippen LogP contribution in [-0.4, -0.2) is 28.4 Å². The topological polar surface area (TPSA) is 98.3 Å². The van der Waals surface area contributed by atoms with Gasteiger partial charge in [0.25, 0.3) is 11.6 Å². The fraction of sp³-hybridized carbons (Fsp3) is 0.417. The van der Waals surface area contributed by atoms with Gasteiger partial charge in [-0.1, -0.05) is 0 Å². The van der Waals surface area contributed by atoms with Crippen molar-refractivity contribution in [2.24, 2.45) is 0 Å². The molecule has 0 radical (unpaired) electrons. The lowest BCUT2D eigenvalue weighted by atomic mass is 10.1. The van der Waals surface area contributed by atoms with Crippen molar-refractivity contribution in [1.29, 1.82) is 0 Å². The van der Waals surface area contributed by atoms with E-state index in [1.165, 1.54) is 0 Å². The van der Waals surface area contributed by atoms with Gasteiger partial charge in [0.1, 0.15) is 11.5 Å². The van der Waals surface area contributed by atoms with E-state index in [1.54, 1.807) is 11.8 Å². The number of nitrogens with two attached hydrogens (primary N) is 1. The number of halogens is 1. The number of rotatable bonds is 3. The SMILES string of the molecule is Nc1c(C(=O)NC2CCCSC2)cc(F)cc1[N+](=O)[O-]. The molecule has 1 unspecified atom stereocenters. The molecule has 1 saturated heterocycles. The molecule has 2 rings (SSSR count). The summed E-state index contributed by atoms with van der Waals surface area (Å²) in [5, 5.41) is 13.5. The predicted molar refractivity (Wildman–Crippen MR) is 75.3 cm³/mol. The predicted octanol–water partition coefficient (Wildman–Crippen LogP) is 1.94. The van der Waals surface area contributed by atoms with Crippen LogP contribution in [0.1, 0.15) is 23.2 Å². The van der Waals surface area contributed by atoms with Gasteiger partial charge in [-0.15, -0.1) is 0 Å². The summed E-state index contributed by atoms with van der Waals surface area (Å²) in [5.41, 5.74) is 4.50. The summed E-state index contributed by atoms with van der Waals surface area (Å²) >= 11 is 1.73. The average Bonchev–Trinajstić information content (AvgIpc) is 2.41. The van der Waals surface area contributed by atoms with Crippen LogP contribution in [0.25, 0.3) is 0 Å². The number of nitro benzene ring substituents is 1. The van der Waals surface area contributed by atoms with Gasteiger partial charge in [0.15, 0.2) is 0 Å². The molecule has 1 heterocycles. The van der Waals surface area contributed by atoms with Crippen LogP contribution in [0.15, 0.2) is 12.1 Å². The summed E-state index contributed by atoms with van der Waals surface area (Å²) in [4.78, 5) is 22.0. The molecule has 1 aromatic carbocycles. The van der Waals surface area contributed by atoms with Gasteiger partial charge in [-0.25, -0.2) is 4.39 Å². The molecule has 1 aliphatic heterocycles. The Bertz CT molecular complexity index is 547. The first-order valence-corrected chi connectivity index (χ1v) is 7.26. The third kappa shape index (κ3) is 3.19. The summed E-state index contributed by atoms with van der Waals surface area (Å²) < 4.78 is 13.4. The van der Waals surface area contributed by atoms with Crippen LogP contribution in [0, 0.1) is 15.9 Å². The number of nitrogen functional groups attached to an aromatic ring is 1. The van der Waals surface area contributed by atoms with Gasteiger partial charge in [0, 0.05) is 11.8 Å². The summed E-state index contributed by atoms with van der Waals surface area (Å²) in [6.45, 7) is 0. The van der Waals surface area contributed by atoms with Gasteiger partial charge in [0.05, 0.1) is 16.6 Å². The average molecular weight is 299 g/mol. The Balaban J connectivity index is 2.22. The molecule has 108 valence electrons. The molecule has 0 saturated carbocycles. The zero-order valence-electron chi connectivity index (χ0n) is 10.6. The quantitative estimate of drug-likeness (QED) is 0.505. The molecule has 0 aromatic heterocycles. The number of benzene rings is 1. The van der Waals surface area contributed by atoms with Crippen LogP contribution in [0.5, 0.6) is 0 Å². The maximum absolute atomic E-state index is 13.4. The van der Waals surface area contributed by atoms with Crippen molar-refractivity contribution in [3.05, 3.63) is 33.6 Å². The highest BCUT2D eigenvalue weighted by molar-refractivity contribution is 7.99. The Morgan fingerprint density at radius 2 is 2.30 bits per heavy atom. The van der Waals surface area contributed by atoms with Crippen molar-refractivity contribution >= 4 is 29.0 Å². The lowest BCUT2D eigenvalue weighted by molar-refractivity contribution is -0.384. The normalized spacial score (nSPS) is 18.6. The van der Waals surface area contributed by atoms with Crippen molar-refractivity contribution in [1.82, 2.24) is 5.32 Å². The number of hydrogen-bond donors (Lipinski definition) is 2. The third-order valence-electron chi connectivity index (χ3n) is 3.06. The minimum absolute atomic E-state index is 0.0111. The van der Waals surface area contributed by atoms with Crippen molar-refractivity contribution in [3.8, 4) is 0 Å². The van der Waals surface area contributed by atoms with Crippen LogP contribution >= 0.6 is 11.8 Å². The first-order chi connectivity index (χ1) is 9.49. The zero-order chi connectivity index (χ0) is 14.7. The van der Waals surface area contributed by atoms with E-state index in [-0.39, 0.29) is 17.3 Å². The molecule has 8 heteroatoms. The van der Waals surface area contributed by atoms with E-state index < -0.39 is 22.3 Å². The third-order valence-corrected chi connectivity index (χ3v) is 4.28. The van der Waals surface area contributed by atoms with Crippen molar-refractivity contribution in [2.45, 2.75) is 18.9 Å². The molecule has 1 fully saturated rings. The summed E-state index contributed by atoms with van der Waals surface area (Å²) in [5.74, 6) is 0.412. The molecule has 20 heavy (non-hydrogen) atoms. The molecule has 0 bridgehead atoms. The standard InChI is InChI=1S/C12H14FN3O3S/c13-7-4-9(11(14)10(5-7)16(18)19)12(17)15-8-2-1-3-20-6-8/h4-5,8H,1-3,6,14H2,(H,15,17). The van der Waals surface area contributed by atoms with Crippen LogP contribution in [0.4, 0.5) is 15.8 Å². The molecule has 6 nitrogen and oxygen atoms in total. The monoisotopic (exact) mass is 299 g/mol. The fourth-order valence-electron chi connectivity index (χ4n) is 2.06. The Hall–Kier alpha value is -1.83. The summed E-state index contributed by atoms with van der Waals surface area (Å²) in [7, 11) is 0. The van der Waals surface area contributed by atoms with Gasteiger partial charge < -0.3 is 11.1 Å². The Morgan fingerprint density at radius 3 is 2.90 bits per heavy atom. The number of carbonyl (C=O) groups is 1. The van der Waals surface area contributed by atoms with Gasteiger partial charge in [-0.3, -0.25) is 14.9 Å². The van der Waals surface area contributed by atoms with E-state index >= 15 is 0 Å². The smallest absolute Gasteiger partial charge is 0.295 e. The molecule has 0 spiro atoms. The highest BCUT2D eigenvalue weighted by atomic mass is 32.2. The van der Waals surface area contributed by atoms with Gasteiger partial charge in [-0.2, -0.15) is 11.8 Å². The lowest BCUT2D eigenvalue weighted by Gasteiger charge is -2.22. The highest BCUT2D eigenvalue weighted by Gasteiger charge is 2.24. The Kier molecular flexibility index (Phi) is 4.43. The first-order valence-electron chi connectivity index (χ1n) is 6.11. The summed E-state index contributed by atoms with van der Waals surface area (Å²) in [6, 6.07) is 1.62. The second-order valence-corrected chi connectivity index (χ2v) is 5.68. The molecule has 1 atom stereocenters. The van der Waals surface area contributed by atoms with E-state index in [4.69, 9.17) is 5.73 Å². The Morgan fingerprint density at radius 1 is 1.55 bits per heavy atom. The maximum Gasteiger partial charge on any atom is 0.295 e. The van der Waals surface area contributed by atoms with E-state index in [9.17, 15) is 19.3 Å². The first kappa shape index (κ1) is 14.6. The highest BCUT2D eigenvalue weighted by Crippen LogP contribution is 2.27. The summed E-state index contributed by atoms with van der Waals surface area (Å²) in [6.07, 6.45) is 1.84. The molecule has 1 aromatic rings. The van der Waals surface area contributed by atoms with Crippen molar-refractivity contribution in [2.75, 3.05) is 17.2 Å². The molecule has 1 aliphatic rings. The van der Waals surface area contributed by atoms with E-state index in [0.29, 0.717) is 6.07 Å². The minimum atomic E-state index is -0.853. The van der Waals surface area contributed by atoms with Gasteiger partial charge >= 0.3 is 0 Å². The van der Waals surface area contributed by atoms with E-state index in [2.05, 4.69) is 5.32 Å². The second-order valence-electron chi connectivity index (χ2n) is 4.53. The van der Waals surface area contributed by atoms with E-state index in [0.717, 1.165) is 30.4 Å². The van der Waals surface area contributed by atoms with Crippen molar-refractivity contribution in [3.63, 3.8) is 0 Å². The van der Waals surface area contributed by atoms with Gasteiger partial charge in [0.2, 0.25) is 0 Å².